The van der Waals surface area contributed by atoms with Crippen LogP contribution in [-0.4, -0.2) is 73.1 Å². The molecule has 2 N–H and O–H groups in total. The predicted molar refractivity (Wildman–Crippen MR) is 74.6 cm³/mol. The first kappa shape index (κ1) is 15.2. The largest absolute Gasteiger partial charge is 0.351 e. The van der Waals surface area contributed by atoms with Crippen LogP contribution in [0.25, 0.3) is 0 Å². The maximum Gasteiger partial charge on any atom is 0.314 e. The molecule has 2 fully saturated rings. The van der Waals surface area contributed by atoms with Crippen LogP contribution < -0.4 is 5.73 Å². The van der Waals surface area contributed by atoms with Crippen LogP contribution >= 0.6 is 0 Å². The number of carbonyl (C=O) groups is 1. The van der Waals surface area contributed by atoms with Crippen molar-refractivity contribution < 1.29 is 4.79 Å². The van der Waals surface area contributed by atoms with Crippen LogP contribution in [-0.2, 0) is 0 Å². The van der Waals surface area contributed by atoms with Crippen molar-refractivity contribution in [2.24, 2.45) is 5.73 Å². The second kappa shape index (κ2) is 7.59. The summed E-state index contributed by atoms with van der Waals surface area (Å²) in [6, 6.07) is 0.439. The minimum Gasteiger partial charge on any atom is -0.351 e. The van der Waals surface area contributed by atoms with Crippen LogP contribution in [0.5, 0.6) is 0 Å². The minimum absolute atomic E-state index is 0.275. The Morgan fingerprint density at radius 3 is 1.94 bits per heavy atom. The highest BCUT2D eigenvalue weighted by Gasteiger charge is 2.27. The number of rotatable bonds is 1. The number of likely N-dealkylation sites (tertiary alicyclic amines) is 1. The molecule has 0 saturated carbocycles. The molecule has 0 bridgehead atoms. The van der Waals surface area contributed by atoms with Crippen LogP contribution in [0.3, 0.4) is 0 Å². The van der Waals surface area contributed by atoms with Gasteiger partial charge in [-0.3, -0.25) is 4.90 Å². The molecule has 0 atom stereocenters. The van der Waals surface area contributed by atoms with Crippen molar-refractivity contribution in [2.45, 2.75) is 32.7 Å². The SMILES string of the molecule is CC.CN1CCC(N2CCN(C(N)=O)CC2)CC1. The van der Waals surface area contributed by atoms with Crippen molar-refractivity contribution in [1.82, 2.24) is 14.7 Å². The Hall–Kier alpha value is -0.810. The van der Waals surface area contributed by atoms with Crippen molar-refractivity contribution in [2.75, 3.05) is 46.3 Å². The summed E-state index contributed by atoms with van der Waals surface area (Å²) in [6.07, 6.45) is 2.51. The molecule has 0 radical (unpaired) electrons. The number of hydrogen-bond donors (Lipinski definition) is 1. The highest BCUT2D eigenvalue weighted by molar-refractivity contribution is 5.72. The monoisotopic (exact) mass is 256 g/mol. The number of nitrogens with two attached hydrogens (primary N) is 1. The third-order valence-corrected chi connectivity index (χ3v) is 3.83. The summed E-state index contributed by atoms with van der Waals surface area (Å²) in [5.74, 6) is 0. The summed E-state index contributed by atoms with van der Waals surface area (Å²) in [6.45, 7) is 9.94. The Morgan fingerprint density at radius 1 is 1.00 bits per heavy atom. The van der Waals surface area contributed by atoms with Gasteiger partial charge in [-0.2, -0.15) is 0 Å². The maximum absolute atomic E-state index is 11.0. The van der Waals surface area contributed by atoms with Crippen LogP contribution in [0, 0.1) is 0 Å². The van der Waals surface area contributed by atoms with Crippen molar-refractivity contribution >= 4 is 6.03 Å². The summed E-state index contributed by atoms with van der Waals surface area (Å²) in [4.78, 5) is 17.7. The summed E-state index contributed by atoms with van der Waals surface area (Å²) in [5, 5.41) is 0. The minimum atomic E-state index is -0.275. The average molecular weight is 256 g/mol. The van der Waals surface area contributed by atoms with Gasteiger partial charge in [-0.15, -0.1) is 0 Å². The first-order chi connectivity index (χ1) is 8.66. The van der Waals surface area contributed by atoms with E-state index in [-0.39, 0.29) is 6.03 Å². The van der Waals surface area contributed by atoms with E-state index in [1.165, 1.54) is 25.9 Å². The first-order valence-electron chi connectivity index (χ1n) is 7.14. The molecule has 18 heavy (non-hydrogen) atoms. The Kier molecular flexibility index (Phi) is 6.43. The molecule has 2 heterocycles. The number of piperazine rings is 1. The van der Waals surface area contributed by atoms with Crippen molar-refractivity contribution in [3.63, 3.8) is 0 Å². The quantitative estimate of drug-likeness (QED) is 0.755. The second-order valence-corrected chi connectivity index (χ2v) is 4.90. The van der Waals surface area contributed by atoms with E-state index in [1.807, 2.05) is 13.8 Å². The van der Waals surface area contributed by atoms with E-state index in [0.717, 1.165) is 26.2 Å². The predicted octanol–water partition coefficient (Wildman–Crippen LogP) is 0.803. The number of hydrogen-bond acceptors (Lipinski definition) is 3. The van der Waals surface area contributed by atoms with Gasteiger partial charge >= 0.3 is 6.03 Å². The molecule has 0 aliphatic carbocycles. The summed E-state index contributed by atoms with van der Waals surface area (Å²) < 4.78 is 0. The third-order valence-electron chi connectivity index (χ3n) is 3.83. The van der Waals surface area contributed by atoms with Crippen LogP contribution in [0.15, 0.2) is 0 Å². The molecule has 2 amide bonds. The zero-order valence-corrected chi connectivity index (χ0v) is 12.1. The van der Waals surface area contributed by atoms with Gasteiger partial charge in [0, 0.05) is 32.2 Å². The van der Waals surface area contributed by atoms with Gasteiger partial charge < -0.3 is 15.5 Å². The normalized spacial score (nSPS) is 23.4. The zero-order chi connectivity index (χ0) is 13.5. The van der Waals surface area contributed by atoms with Crippen molar-refractivity contribution in [3.05, 3.63) is 0 Å². The summed E-state index contributed by atoms with van der Waals surface area (Å²) in [5.41, 5.74) is 5.27. The molecule has 2 saturated heterocycles. The van der Waals surface area contributed by atoms with E-state index < -0.39 is 0 Å². The standard InChI is InChI=1S/C11H22N4O.C2H6/c1-13-4-2-10(3-5-13)14-6-8-15(9-7-14)11(12)16;1-2/h10H,2-9H2,1H3,(H2,12,16);1-2H3. The zero-order valence-electron chi connectivity index (χ0n) is 12.1. The molecule has 0 aromatic heterocycles. The molecule has 106 valence electrons. The number of primary amides is 1. The lowest BCUT2D eigenvalue weighted by Crippen LogP contribution is -2.55. The number of carbonyl (C=O) groups excluding carboxylic acids is 1. The topological polar surface area (TPSA) is 52.8 Å². The number of piperidine rings is 1. The van der Waals surface area contributed by atoms with Crippen molar-refractivity contribution in [1.29, 1.82) is 0 Å². The van der Waals surface area contributed by atoms with E-state index in [4.69, 9.17) is 5.73 Å². The van der Waals surface area contributed by atoms with E-state index in [0.29, 0.717) is 6.04 Å². The molecule has 5 nitrogen and oxygen atoms in total. The van der Waals surface area contributed by atoms with E-state index in [2.05, 4.69) is 16.8 Å². The third kappa shape index (κ3) is 4.14. The lowest BCUT2D eigenvalue weighted by molar-refractivity contribution is 0.0767. The van der Waals surface area contributed by atoms with Gasteiger partial charge in [0.2, 0.25) is 0 Å². The molecule has 2 aliphatic heterocycles. The fourth-order valence-electron chi connectivity index (χ4n) is 2.67. The molecule has 2 rings (SSSR count). The van der Waals surface area contributed by atoms with Gasteiger partial charge in [0.25, 0.3) is 0 Å². The van der Waals surface area contributed by atoms with Crippen LogP contribution in [0.1, 0.15) is 26.7 Å². The second-order valence-electron chi connectivity index (χ2n) is 4.90. The van der Waals surface area contributed by atoms with Gasteiger partial charge in [-0.05, 0) is 33.0 Å². The first-order valence-corrected chi connectivity index (χ1v) is 7.14. The Labute approximate surface area is 111 Å². The van der Waals surface area contributed by atoms with Gasteiger partial charge in [0.05, 0.1) is 0 Å². The van der Waals surface area contributed by atoms with E-state index >= 15 is 0 Å². The number of nitrogens with zero attached hydrogens (tertiary/aromatic N) is 3. The fraction of sp³-hybridized carbons (Fsp3) is 0.923. The Morgan fingerprint density at radius 2 is 1.50 bits per heavy atom. The molecular weight excluding hydrogens is 228 g/mol. The highest BCUT2D eigenvalue weighted by Crippen LogP contribution is 2.17. The molecule has 5 heteroatoms. The average Bonchev–Trinajstić information content (AvgIpc) is 2.42. The summed E-state index contributed by atoms with van der Waals surface area (Å²) >= 11 is 0. The lowest BCUT2D eigenvalue weighted by Gasteiger charge is -2.41. The van der Waals surface area contributed by atoms with Gasteiger partial charge in [0.1, 0.15) is 0 Å². The maximum atomic E-state index is 11.0. The molecular formula is C13H28N4O. The smallest absolute Gasteiger partial charge is 0.314 e. The highest BCUT2D eigenvalue weighted by atomic mass is 16.2. The number of urea groups is 1. The number of amides is 2. The molecule has 0 aromatic carbocycles. The van der Waals surface area contributed by atoms with Crippen LogP contribution in [0.2, 0.25) is 0 Å². The molecule has 2 aliphatic rings. The van der Waals surface area contributed by atoms with Gasteiger partial charge in [-0.1, -0.05) is 13.8 Å². The van der Waals surface area contributed by atoms with E-state index in [9.17, 15) is 4.79 Å². The Balaban J connectivity index is 0.000000771. The Bertz CT molecular complexity index is 243. The van der Waals surface area contributed by atoms with Gasteiger partial charge in [0.15, 0.2) is 0 Å². The molecule has 0 aromatic rings. The molecule has 0 unspecified atom stereocenters. The van der Waals surface area contributed by atoms with Crippen molar-refractivity contribution in [3.8, 4) is 0 Å². The molecule has 0 spiro atoms. The summed E-state index contributed by atoms with van der Waals surface area (Å²) in [7, 11) is 2.18. The fourth-order valence-corrected chi connectivity index (χ4v) is 2.67. The lowest BCUT2D eigenvalue weighted by atomic mass is 10.0. The van der Waals surface area contributed by atoms with Crippen LogP contribution in [0.4, 0.5) is 4.79 Å². The van der Waals surface area contributed by atoms with Gasteiger partial charge in [-0.25, -0.2) is 4.79 Å². The van der Waals surface area contributed by atoms with E-state index in [1.54, 1.807) is 4.90 Å².